The summed E-state index contributed by atoms with van der Waals surface area (Å²) in [7, 11) is 3.85. The Morgan fingerprint density at radius 2 is 1.50 bits per heavy atom. The largest absolute Gasteiger partial charge is 0.395 e. The predicted octanol–water partition coefficient (Wildman–Crippen LogP) is 0.258. The minimum absolute atomic E-state index is 0.257. The normalized spacial score (nSPS) is 10.0. The van der Waals surface area contributed by atoms with E-state index in [0.29, 0.717) is 0 Å². The summed E-state index contributed by atoms with van der Waals surface area (Å²) in [5.74, 6) is 0. The van der Waals surface area contributed by atoms with E-state index in [1.165, 1.54) is 5.06 Å². The van der Waals surface area contributed by atoms with Crippen molar-refractivity contribution < 1.29 is 10.3 Å². The fraction of sp³-hybridized carbons (Fsp3) is 1.00. The summed E-state index contributed by atoms with van der Waals surface area (Å²) in [5, 5.41) is 17.9. The second-order valence-electron chi connectivity index (χ2n) is 2.67. The second kappa shape index (κ2) is 10.8. The maximum Gasteiger partial charge on any atom is 0.0558 e. The highest BCUT2D eigenvalue weighted by atomic mass is 16.5. The molecule has 2 N–H and O–H groups in total. The van der Waals surface area contributed by atoms with Gasteiger partial charge in [0.15, 0.2) is 0 Å². The molecule has 12 heavy (non-hydrogen) atoms. The zero-order valence-electron chi connectivity index (χ0n) is 8.62. The molecule has 0 unspecified atom stereocenters. The Balaban J connectivity index is 0. The van der Waals surface area contributed by atoms with Crippen molar-refractivity contribution in [1.29, 1.82) is 0 Å². The summed E-state index contributed by atoms with van der Waals surface area (Å²) >= 11 is 0. The molecular weight excluding hydrogens is 156 g/mol. The number of rotatable bonds is 4. The Hall–Kier alpha value is -0.160. The molecular formula is C8H22N2O2. The van der Waals surface area contributed by atoms with Crippen LogP contribution in [0.4, 0.5) is 0 Å². The number of hydroxylamine groups is 2. The van der Waals surface area contributed by atoms with Crippen LogP contribution in [0.15, 0.2) is 0 Å². The van der Waals surface area contributed by atoms with Crippen LogP contribution in [0.2, 0.25) is 0 Å². The third-order valence-electron chi connectivity index (χ3n) is 1.28. The third kappa shape index (κ3) is 16.4. The Morgan fingerprint density at radius 3 is 1.50 bits per heavy atom. The Morgan fingerprint density at radius 1 is 1.08 bits per heavy atom. The van der Waals surface area contributed by atoms with Gasteiger partial charge in [-0.1, -0.05) is 13.8 Å². The number of hydrogen-bond acceptors (Lipinski definition) is 4. The molecule has 0 aliphatic carbocycles. The first-order valence-corrected chi connectivity index (χ1v) is 4.27. The number of nitrogens with zero attached hydrogens (tertiary/aromatic N) is 2. The van der Waals surface area contributed by atoms with Crippen LogP contribution in [-0.4, -0.2) is 60.6 Å². The monoisotopic (exact) mass is 178 g/mol. The highest BCUT2D eigenvalue weighted by molar-refractivity contribution is 4.34. The molecule has 0 amide bonds. The molecule has 0 aromatic rings. The first kappa shape index (κ1) is 14.4. The zero-order chi connectivity index (χ0) is 9.98. The number of likely N-dealkylation sites (N-methyl/N-ethyl adjacent to an activating group) is 1. The van der Waals surface area contributed by atoms with Gasteiger partial charge in [0.1, 0.15) is 0 Å². The summed E-state index contributed by atoms with van der Waals surface area (Å²) < 4.78 is 0. The summed E-state index contributed by atoms with van der Waals surface area (Å²) in [6.07, 6.45) is 0. The molecule has 0 saturated heterocycles. The van der Waals surface area contributed by atoms with Crippen LogP contribution in [0.5, 0.6) is 0 Å². The average molecular weight is 178 g/mol. The first-order valence-electron chi connectivity index (χ1n) is 4.27. The van der Waals surface area contributed by atoms with Crippen molar-refractivity contribution in [2.24, 2.45) is 0 Å². The smallest absolute Gasteiger partial charge is 0.0558 e. The SMILES string of the molecule is CCN(O)CC.CN(C)CCO. The lowest BCUT2D eigenvalue weighted by Crippen LogP contribution is -2.16. The quantitative estimate of drug-likeness (QED) is 0.606. The average Bonchev–Trinajstić information content (AvgIpc) is 2.04. The Kier molecular flexibility index (Phi) is 13.0. The molecule has 0 aliphatic heterocycles. The van der Waals surface area contributed by atoms with Crippen LogP contribution in [0.25, 0.3) is 0 Å². The fourth-order valence-electron chi connectivity index (χ4n) is 0.424. The highest BCUT2D eigenvalue weighted by Crippen LogP contribution is 1.73. The number of aliphatic hydroxyl groups excluding tert-OH is 1. The van der Waals surface area contributed by atoms with Gasteiger partial charge in [-0.25, -0.2) is 0 Å². The van der Waals surface area contributed by atoms with Crippen molar-refractivity contribution in [3.8, 4) is 0 Å². The van der Waals surface area contributed by atoms with E-state index in [0.717, 1.165) is 19.6 Å². The standard InChI is InChI=1S/2C4H11NO/c1-5(2)3-4-6;1-3-5(6)4-2/h2*6H,3-4H2,1-2H3. The third-order valence-corrected chi connectivity index (χ3v) is 1.28. The molecule has 0 aromatic heterocycles. The van der Waals surface area contributed by atoms with E-state index in [1.54, 1.807) is 0 Å². The molecule has 0 atom stereocenters. The summed E-state index contributed by atoms with van der Waals surface area (Å²) in [4.78, 5) is 1.93. The van der Waals surface area contributed by atoms with Gasteiger partial charge in [-0.3, -0.25) is 0 Å². The van der Waals surface area contributed by atoms with E-state index in [4.69, 9.17) is 10.3 Å². The van der Waals surface area contributed by atoms with Gasteiger partial charge in [0.05, 0.1) is 6.61 Å². The van der Waals surface area contributed by atoms with Crippen LogP contribution in [-0.2, 0) is 0 Å². The van der Waals surface area contributed by atoms with E-state index in [1.807, 2.05) is 32.8 Å². The molecule has 0 aliphatic rings. The van der Waals surface area contributed by atoms with E-state index in [2.05, 4.69) is 0 Å². The molecule has 0 aromatic carbocycles. The van der Waals surface area contributed by atoms with E-state index in [9.17, 15) is 0 Å². The van der Waals surface area contributed by atoms with Gasteiger partial charge in [0.2, 0.25) is 0 Å². The van der Waals surface area contributed by atoms with Crippen LogP contribution in [0.1, 0.15) is 13.8 Å². The lowest BCUT2D eigenvalue weighted by Gasteiger charge is -2.05. The van der Waals surface area contributed by atoms with Crippen molar-refractivity contribution >= 4 is 0 Å². The minimum Gasteiger partial charge on any atom is -0.395 e. The molecule has 0 heterocycles. The van der Waals surface area contributed by atoms with Gasteiger partial charge in [0, 0.05) is 19.6 Å². The number of aliphatic hydroxyl groups is 1. The molecule has 76 valence electrons. The van der Waals surface area contributed by atoms with Crippen LogP contribution >= 0.6 is 0 Å². The Bertz CT molecular complexity index is 75.5. The predicted molar refractivity (Wildman–Crippen MR) is 50.3 cm³/mol. The molecule has 4 heteroatoms. The van der Waals surface area contributed by atoms with Crippen LogP contribution in [0, 0.1) is 0 Å². The number of hydrogen-bond donors (Lipinski definition) is 2. The topological polar surface area (TPSA) is 46.9 Å². The molecule has 4 nitrogen and oxygen atoms in total. The second-order valence-corrected chi connectivity index (χ2v) is 2.67. The van der Waals surface area contributed by atoms with Crippen molar-refractivity contribution in [3.63, 3.8) is 0 Å². The summed E-state index contributed by atoms with van der Waals surface area (Å²) in [5.41, 5.74) is 0. The van der Waals surface area contributed by atoms with Gasteiger partial charge >= 0.3 is 0 Å². The van der Waals surface area contributed by atoms with Crippen molar-refractivity contribution in [2.45, 2.75) is 13.8 Å². The van der Waals surface area contributed by atoms with Gasteiger partial charge in [-0.15, -0.1) is 0 Å². The maximum atomic E-state index is 8.50. The molecule has 0 saturated carbocycles. The summed E-state index contributed by atoms with van der Waals surface area (Å²) in [6, 6.07) is 0. The Labute approximate surface area is 75.4 Å². The minimum atomic E-state index is 0.257. The van der Waals surface area contributed by atoms with Gasteiger partial charge < -0.3 is 15.2 Å². The van der Waals surface area contributed by atoms with Crippen LogP contribution in [0.3, 0.4) is 0 Å². The van der Waals surface area contributed by atoms with Crippen molar-refractivity contribution in [2.75, 3.05) is 40.3 Å². The molecule has 0 bridgehead atoms. The zero-order valence-corrected chi connectivity index (χ0v) is 8.62. The summed E-state index contributed by atoms with van der Waals surface area (Å²) in [6.45, 7) is 6.27. The fourth-order valence-corrected chi connectivity index (χ4v) is 0.424. The van der Waals surface area contributed by atoms with Crippen molar-refractivity contribution in [1.82, 2.24) is 9.96 Å². The molecule has 0 radical (unpaired) electrons. The van der Waals surface area contributed by atoms with Crippen LogP contribution < -0.4 is 0 Å². The first-order chi connectivity index (χ1) is 5.58. The van der Waals surface area contributed by atoms with Crippen molar-refractivity contribution in [3.05, 3.63) is 0 Å². The van der Waals surface area contributed by atoms with Gasteiger partial charge in [-0.2, -0.15) is 5.06 Å². The molecule has 0 fully saturated rings. The molecule has 0 rings (SSSR count). The van der Waals surface area contributed by atoms with Gasteiger partial charge in [0.25, 0.3) is 0 Å². The van der Waals surface area contributed by atoms with E-state index < -0.39 is 0 Å². The van der Waals surface area contributed by atoms with E-state index in [-0.39, 0.29) is 6.61 Å². The maximum absolute atomic E-state index is 8.50. The van der Waals surface area contributed by atoms with E-state index >= 15 is 0 Å². The van der Waals surface area contributed by atoms with Gasteiger partial charge in [-0.05, 0) is 14.1 Å². The lowest BCUT2D eigenvalue weighted by molar-refractivity contribution is -0.0813. The molecule has 0 spiro atoms. The highest BCUT2D eigenvalue weighted by Gasteiger charge is 1.84. The lowest BCUT2D eigenvalue weighted by atomic mass is 10.6.